The summed E-state index contributed by atoms with van der Waals surface area (Å²) in [6.45, 7) is 1.53. The fourth-order valence-corrected chi connectivity index (χ4v) is 2.08. The molecule has 1 aliphatic rings. The van der Waals surface area contributed by atoms with E-state index >= 15 is 0 Å². The first-order chi connectivity index (χ1) is 7.74. The molecule has 16 heavy (non-hydrogen) atoms. The Balaban J connectivity index is 2.15. The Morgan fingerprint density at radius 3 is 2.88 bits per heavy atom. The van der Waals surface area contributed by atoms with Gasteiger partial charge in [-0.05, 0) is 32.2 Å². The van der Waals surface area contributed by atoms with Crippen LogP contribution in [-0.4, -0.2) is 45.9 Å². The third-order valence-electron chi connectivity index (χ3n) is 2.95. The fourth-order valence-electron chi connectivity index (χ4n) is 2.08. The summed E-state index contributed by atoms with van der Waals surface area (Å²) in [4.78, 5) is 0. The maximum Gasteiger partial charge on any atom is 0.261 e. The van der Waals surface area contributed by atoms with Crippen molar-refractivity contribution in [1.29, 1.82) is 0 Å². The van der Waals surface area contributed by atoms with E-state index in [1.807, 2.05) is 7.05 Å². The number of hydrogen-bond acceptors (Lipinski definition) is 3. The van der Waals surface area contributed by atoms with Crippen LogP contribution in [0.15, 0.2) is 0 Å². The van der Waals surface area contributed by atoms with Crippen LogP contribution in [-0.2, 0) is 9.47 Å². The van der Waals surface area contributed by atoms with E-state index in [4.69, 9.17) is 9.47 Å². The fraction of sp³-hybridized carbons (Fsp3) is 1.00. The zero-order valence-corrected chi connectivity index (χ0v) is 9.75. The van der Waals surface area contributed by atoms with Gasteiger partial charge < -0.3 is 14.8 Å². The molecule has 1 heterocycles. The lowest BCUT2D eigenvalue weighted by molar-refractivity contribution is 0.00393. The topological polar surface area (TPSA) is 30.5 Å². The summed E-state index contributed by atoms with van der Waals surface area (Å²) in [5.41, 5.74) is 0. The average Bonchev–Trinajstić information content (AvgIpc) is 2.30. The van der Waals surface area contributed by atoms with Gasteiger partial charge in [0.05, 0.1) is 6.61 Å². The van der Waals surface area contributed by atoms with E-state index in [2.05, 4.69) is 5.32 Å². The van der Waals surface area contributed by atoms with Crippen molar-refractivity contribution in [1.82, 2.24) is 5.32 Å². The largest absolute Gasteiger partial charge is 0.381 e. The van der Waals surface area contributed by atoms with Gasteiger partial charge in [-0.2, -0.15) is 0 Å². The molecule has 1 aliphatic heterocycles. The average molecular weight is 237 g/mol. The molecule has 1 fully saturated rings. The summed E-state index contributed by atoms with van der Waals surface area (Å²) in [6.07, 6.45) is 0.615. The Morgan fingerprint density at radius 1 is 1.50 bits per heavy atom. The Bertz CT molecular complexity index is 175. The molecule has 3 nitrogen and oxygen atoms in total. The highest BCUT2D eigenvalue weighted by Crippen LogP contribution is 2.19. The van der Waals surface area contributed by atoms with Crippen molar-refractivity contribution in [2.45, 2.75) is 31.7 Å². The molecule has 0 aromatic heterocycles. The molecular weight excluding hydrogens is 216 g/mol. The molecule has 0 spiro atoms. The van der Waals surface area contributed by atoms with Crippen LogP contribution < -0.4 is 5.32 Å². The van der Waals surface area contributed by atoms with E-state index in [0.29, 0.717) is 18.6 Å². The number of alkyl halides is 2. The second kappa shape index (κ2) is 7.92. The molecule has 0 aromatic rings. The molecule has 0 aliphatic carbocycles. The molecular formula is C11H21F2NO2. The van der Waals surface area contributed by atoms with Crippen molar-refractivity contribution in [3.05, 3.63) is 0 Å². The maximum atomic E-state index is 11.8. The van der Waals surface area contributed by atoms with Crippen molar-refractivity contribution >= 4 is 0 Å². The van der Waals surface area contributed by atoms with Gasteiger partial charge in [-0.1, -0.05) is 0 Å². The van der Waals surface area contributed by atoms with Gasteiger partial charge >= 0.3 is 0 Å². The van der Waals surface area contributed by atoms with Gasteiger partial charge in [0.25, 0.3) is 6.43 Å². The molecule has 0 radical (unpaired) electrons. The first-order valence-electron chi connectivity index (χ1n) is 5.85. The van der Waals surface area contributed by atoms with Gasteiger partial charge in [-0.3, -0.25) is 0 Å². The SMILES string of the molecule is CNC(CCOCC(F)F)C1CCCOC1. The molecule has 2 atom stereocenters. The third-order valence-corrected chi connectivity index (χ3v) is 2.95. The zero-order chi connectivity index (χ0) is 11.8. The molecule has 5 heteroatoms. The molecule has 1 rings (SSSR count). The molecule has 96 valence electrons. The Morgan fingerprint density at radius 2 is 2.31 bits per heavy atom. The summed E-state index contributed by atoms with van der Waals surface area (Å²) < 4.78 is 34.0. The highest BCUT2D eigenvalue weighted by Gasteiger charge is 2.22. The van der Waals surface area contributed by atoms with Crippen LogP contribution in [0, 0.1) is 5.92 Å². The highest BCUT2D eigenvalue weighted by molar-refractivity contribution is 4.77. The van der Waals surface area contributed by atoms with E-state index in [0.717, 1.165) is 32.5 Å². The number of ether oxygens (including phenoxy) is 2. The Kier molecular flexibility index (Phi) is 6.84. The van der Waals surface area contributed by atoms with E-state index < -0.39 is 13.0 Å². The van der Waals surface area contributed by atoms with Gasteiger partial charge in [0.1, 0.15) is 6.61 Å². The molecule has 1 N–H and O–H groups in total. The van der Waals surface area contributed by atoms with Crippen LogP contribution in [0.2, 0.25) is 0 Å². The first kappa shape index (κ1) is 13.8. The molecule has 0 aromatic carbocycles. The highest BCUT2D eigenvalue weighted by atomic mass is 19.3. The van der Waals surface area contributed by atoms with Crippen LogP contribution >= 0.6 is 0 Å². The Hall–Kier alpha value is -0.260. The molecule has 0 bridgehead atoms. The molecule has 2 unspecified atom stereocenters. The number of halogens is 2. The lowest BCUT2D eigenvalue weighted by Crippen LogP contribution is -2.39. The van der Waals surface area contributed by atoms with Crippen LogP contribution in [0.25, 0.3) is 0 Å². The second-order valence-electron chi connectivity index (χ2n) is 4.13. The van der Waals surface area contributed by atoms with Crippen LogP contribution in [0.4, 0.5) is 8.78 Å². The predicted octanol–water partition coefficient (Wildman–Crippen LogP) is 1.67. The van der Waals surface area contributed by atoms with E-state index in [9.17, 15) is 8.78 Å². The van der Waals surface area contributed by atoms with Crippen LogP contribution in [0.3, 0.4) is 0 Å². The smallest absolute Gasteiger partial charge is 0.261 e. The number of hydrogen-bond donors (Lipinski definition) is 1. The Labute approximate surface area is 95.5 Å². The molecule has 0 saturated carbocycles. The lowest BCUT2D eigenvalue weighted by Gasteiger charge is -2.30. The molecule has 1 saturated heterocycles. The van der Waals surface area contributed by atoms with Crippen LogP contribution in [0.1, 0.15) is 19.3 Å². The minimum Gasteiger partial charge on any atom is -0.381 e. The molecule has 0 amide bonds. The quantitative estimate of drug-likeness (QED) is 0.683. The van der Waals surface area contributed by atoms with Crippen molar-refractivity contribution in [2.75, 3.05) is 33.5 Å². The van der Waals surface area contributed by atoms with E-state index in [1.54, 1.807) is 0 Å². The zero-order valence-electron chi connectivity index (χ0n) is 9.75. The number of rotatable bonds is 7. The first-order valence-corrected chi connectivity index (χ1v) is 5.85. The standard InChI is InChI=1S/C11H21F2NO2/c1-14-10(4-6-16-8-11(12)13)9-3-2-5-15-7-9/h9-11,14H,2-8H2,1H3. The number of nitrogens with one attached hydrogen (secondary N) is 1. The maximum absolute atomic E-state index is 11.8. The van der Waals surface area contributed by atoms with Crippen molar-refractivity contribution in [2.24, 2.45) is 5.92 Å². The second-order valence-corrected chi connectivity index (χ2v) is 4.13. The summed E-state index contributed by atoms with van der Waals surface area (Å²) in [5.74, 6) is 0.480. The van der Waals surface area contributed by atoms with E-state index in [-0.39, 0.29) is 0 Å². The van der Waals surface area contributed by atoms with Crippen molar-refractivity contribution in [3.63, 3.8) is 0 Å². The minimum atomic E-state index is -2.37. The minimum absolute atomic E-state index is 0.304. The van der Waals surface area contributed by atoms with Crippen molar-refractivity contribution < 1.29 is 18.3 Å². The summed E-state index contributed by atoms with van der Waals surface area (Å²) in [7, 11) is 1.90. The van der Waals surface area contributed by atoms with Gasteiger partial charge in [0.15, 0.2) is 0 Å². The summed E-state index contributed by atoms with van der Waals surface area (Å²) in [5, 5.41) is 3.21. The predicted molar refractivity (Wildman–Crippen MR) is 57.8 cm³/mol. The lowest BCUT2D eigenvalue weighted by atomic mass is 9.92. The third kappa shape index (κ3) is 5.18. The monoisotopic (exact) mass is 237 g/mol. The summed E-state index contributed by atoms with van der Waals surface area (Å²) in [6, 6.07) is 0.304. The van der Waals surface area contributed by atoms with Gasteiger partial charge in [0, 0.05) is 19.3 Å². The van der Waals surface area contributed by atoms with E-state index in [1.165, 1.54) is 0 Å². The van der Waals surface area contributed by atoms with Crippen molar-refractivity contribution in [3.8, 4) is 0 Å². The van der Waals surface area contributed by atoms with Gasteiger partial charge in [0.2, 0.25) is 0 Å². The van der Waals surface area contributed by atoms with Gasteiger partial charge in [-0.15, -0.1) is 0 Å². The van der Waals surface area contributed by atoms with Gasteiger partial charge in [-0.25, -0.2) is 8.78 Å². The normalized spacial score (nSPS) is 23.6. The summed E-state index contributed by atoms with van der Waals surface area (Å²) >= 11 is 0. The van der Waals surface area contributed by atoms with Crippen LogP contribution in [0.5, 0.6) is 0 Å².